The summed E-state index contributed by atoms with van der Waals surface area (Å²) < 4.78 is 5.00. The number of fused-ring (bicyclic) bond motifs is 1. The van der Waals surface area contributed by atoms with E-state index in [4.69, 9.17) is 10.3 Å². The fourth-order valence-corrected chi connectivity index (χ4v) is 1.61. The summed E-state index contributed by atoms with van der Waals surface area (Å²) in [5.41, 5.74) is 4.05. The number of anilines is 2. The van der Waals surface area contributed by atoms with Gasteiger partial charge in [0.05, 0.1) is 24.1 Å². The van der Waals surface area contributed by atoms with Gasteiger partial charge in [-0.1, -0.05) is 0 Å². The summed E-state index contributed by atoms with van der Waals surface area (Å²) in [6.07, 6.45) is 4.95. The Kier molecular flexibility index (Phi) is 2.54. The molecule has 0 aliphatic carbocycles. The highest BCUT2D eigenvalue weighted by molar-refractivity contribution is 5.86. The van der Waals surface area contributed by atoms with Crippen molar-refractivity contribution in [1.29, 1.82) is 0 Å². The van der Waals surface area contributed by atoms with E-state index < -0.39 is 0 Å². The maximum atomic E-state index is 5.32. The van der Waals surface area contributed by atoms with E-state index in [0.29, 0.717) is 24.0 Å². The van der Waals surface area contributed by atoms with Gasteiger partial charge in [0.1, 0.15) is 5.82 Å². The third kappa shape index (κ3) is 1.84. The molecule has 0 saturated heterocycles. The monoisotopic (exact) mass is 245 g/mol. The average Bonchev–Trinajstić information content (AvgIpc) is 3.06. The van der Waals surface area contributed by atoms with Crippen molar-refractivity contribution in [3.63, 3.8) is 0 Å². The molecule has 0 fully saturated rings. The number of nitrogens with one attached hydrogen (secondary N) is 3. The average molecular weight is 245 g/mol. The minimum Gasteiger partial charge on any atom is -0.472 e. The number of aromatic nitrogens is 4. The van der Waals surface area contributed by atoms with Gasteiger partial charge in [-0.25, -0.2) is 5.84 Å². The Morgan fingerprint density at radius 2 is 2.33 bits per heavy atom. The smallest absolute Gasteiger partial charge is 0.241 e. The van der Waals surface area contributed by atoms with Crippen LogP contribution in [0.25, 0.3) is 11.0 Å². The third-order valence-electron chi connectivity index (χ3n) is 2.48. The van der Waals surface area contributed by atoms with Gasteiger partial charge in [0.25, 0.3) is 0 Å². The standard InChI is InChI=1S/C10H11N7O/c11-16-10-14-8(7-4-13-17-9(7)15-10)12-3-6-1-2-18-5-6/h1-2,4-5H,3,11H2,(H3,12,13,14,15,16,17). The second kappa shape index (κ2) is 4.34. The fourth-order valence-electron chi connectivity index (χ4n) is 1.61. The van der Waals surface area contributed by atoms with Crippen molar-refractivity contribution in [2.75, 3.05) is 10.7 Å². The van der Waals surface area contributed by atoms with Crippen LogP contribution in [0, 0.1) is 0 Å². The maximum Gasteiger partial charge on any atom is 0.241 e. The number of nitrogen functional groups attached to an aromatic ring is 1. The molecule has 3 rings (SSSR count). The molecule has 0 saturated carbocycles. The number of hydrogen-bond donors (Lipinski definition) is 4. The van der Waals surface area contributed by atoms with Gasteiger partial charge in [-0.2, -0.15) is 15.1 Å². The van der Waals surface area contributed by atoms with E-state index in [2.05, 4.69) is 30.9 Å². The lowest BCUT2D eigenvalue weighted by molar-refractivity contribution is 0.564. The van der Waals surface area contributed by atoms with Crippen LogP contribution in [0.1, 0.15) is 5.56 Å². The van der Waals surface area contributed by atoms with Gasteiger partial charge in [0.15, 0.2) is 5.65 Å². The summed E-state index contributed by atoms with van der Waals surface area (Å²) in [4.78, 5) is 8.38. The minimum absolute atomic E-state index is 0.321. The molecule has 0 aliphatic rings. The number of nitrogens with two attached hydrogens (primary N) is 1. The Balaban J connectivity index is 1.92. The molecule has 0 spiro atoms. The number of hydrogen-bond acceptors (Lipinski definition) is 7. The Morgan fingerprint density at radius 3 is 3.11 bits per heavy atom. The number of furan rings is 1. The highest BCUT2D eigenvalue weighted by Gasteiger charge is 2.08. The summed E-state index contributed by atoms with van der Waals surface area (Å²) in [6, 6.07) is 1.88. The molecule has 0 unspecified atom stereocenters. The van der Waals surface area contributed by atoms with Crippen LogP contribution in [0.3, 0.4) is 0 Å². The molecule has 5 N–H and O–H groups in total. The molecular formula is C10H11N7O. The second-order valence-electron chi connectivity index (χ2n) is 3.66. The summed E-state index contributed by atoms with van der Waals surface area (Å²) in [5, 5.41) is 10.7. The van der Waals surface area contributed by atoms with E-state index in [1.807, 2.05) is 6.07 Å². The largest absolute Gasteiger partial charge is 0.472 e. The maximum absolute atomic E-state index is 5.32. The molecule has 0 amide bonds. The van der Waals surface area contributed by atoms with Gasteiger partial charge in [-0.3, -0.25) is 10.5 Å². The molecule has 0 atom stereocenters. The second-order valence-corrected chi connectivity index (χ2v) is 3.66. The molecule has 8 nitrogen and oxygen atoms in total. The molecule has 3 heterocycles. The molecule has 3 aromatic rings. The molecule has 0 aromatic carbocycles. The summed E-state index contributed by atoms with van der Waals surface area (Å²) in [6.45, 7) is 0.595. The first kappa shape index (κ1) is 10.5. The molecule has 92 valence electrons. The van der Waals surface area contributed by atoms with Crippen LogP contribution >= 0.6 is 0 Å². The van der Waals surface area contributed by atoms with Crippen LogP contribution in [0.2, 0.25) is 0 Å². The Hall–Kier alpha value is -2.61. The van der Waals surface area contributed by atoms with Crippen molar-refractivity contribution >= 4 is 22.8 Å². The zero-order valence-electron chi connectivity index (χ0n) is 9.34. The summed E-state index contributed by atoms with van der Waals surface area (Å²) in [7, 11) is 0. The quantitative estimate of drug-likeness (QED) is 0.397. The van der Waals surface area contributed by atoms with Gasteiger partial charge in [-0.15, -0.1) is 0 Å². The van der Waals surface area contributed by atoms with Gasteiger partial charge in [0.2, 0.25) is 5.95 Å². The fraction of sp³-hybridized carbons (Fsp3) is 0.100. The van der Waals surface area contributed by atoms with Crippen LogP contribution < -0.4 is 16.6 Å². The normalized spacial score (nSPS) is 10.7. The molecule has 0 radical (unpaired) electrons. The first-order valence-corrected chi connectivity index (χ1v) is 5.29. The van der Waals surface area contributed by atoms with Crippen molar-refractivity contribution in [1.82, 2.24) is 20.2 Å². The Bertz CT molecular complexity index is 645. The first-order chi connectivity index (χ1) is 8.86. The highest BCUT2D eigenvalue weighted by atomic mass is 16.3. The van der Waals surface area contributed by atoms with Crippen LogP contribution in [-0.4, -0.2) is 20.2 Å². The molecule has 3 aromatic heterocycles. The molecule has 0 aliphatic heterocycles. The van der Waals surface area contributed by atoms with Crippen LogP contribution in [0.15, 0.2) is 29.2 Å². The van der Waals surface area contributed by atoms with E-state index in [1.165, 1.54) is 0 Å². The number of H-pyrrole nitrogens is 1. The lowest BCUT2D eigenvalue weighted by Gasteiger charge is -2.06. The van der Waals surface area contributed by atoms with Crippen LogP contribution in [-0.2, 0) is 6.54 Å². The van der Waals surface area contributed by atoms with Gasteiger partial charge in [0, 0.05) is 12.1 Å². The third-order valence-corrected chi connectivity index (χ3v) is 2.48. The van der Waals surface area contributed by atoms with Crippen molar-refractivity contribution in [3.8, 4) is 0 Å². The van der Waals surface area contributed by atoms with Gasteiger partial charge < -0.3 is 9.73 Å². The highest BCUT2D eigenvalue weighted by Crippen LogP contribution is 2.20. The molecule has 8 heteroatoms. The van der Waals surface area contributed by atoms with Crippen molar-refractivity contribution in [3.05, 3.63) is 30.4 Å². The van der Waals surface area contributed by atoms with E-state index in [1.54, 1.807) is 18.7 Å². The summed E-state index contributed by atoms with van der Waals surface area (Å²) in [5.74, 6) is 6.29. The lowest BCUT2D eigenvalue weighted by Crippen LogP contribution is -2.12. The van der Waals surface area contributed by atoms with Gasteiger partial charge in [-0.05, 0) is 6.07 Å². The first-order valence-electron chi connectivity index (χ1n) is 5.29. The van der Waals surface area contributed by atoms with E-state index in [9.17, 15) is 0 Å². The van der Waals surface area contributed by atoms with Crippen molar-refractivity contribution in [2.45, 2.75) is 6.54 Å². The minimum atomic E-state index is 0.321. The van der Waals surface area contributed by atoms with Crippen molar-refractivity contribution in [2.24, 2.45) is 5.84 Å². The predicted octanol–water partition coefficient (Wildman–Crippen LogP) is 0.844. The summed E-state index contributed by atoms with van der Waals surface area (Å²) >= 11 is 0. The Morgan fingerprint density at radius 1 is 1.39 bits per heavy atom. The van der Waals surface area contributed by atoms with Gasteiger partial charge >= 0.3 is 0 Å². The Labute approximate surface area is 102 Å². The van der Waals surface area contributed by atoms with E-state index in [-0.39, 0.29) is 0 Å². The van der Waals surface area contributed by atoms with Crippen LogP contribution in [0.4, 0.5) is 11.8 Å². The zero-order chi connectivity index (χ0) is 12.4. The molecule has 0 bridgehead atoms. The van der Waals surface area contributed by atoms with E-state index in [0.717, 1.165) is 10.9 Å². The number of nitrogens with zero attached hydrogens (tertiary/aromatic N) is 3. The van der Waals surface area contributed by atoms with Crippen LogP contribution in [0.5, 0.6) is 0 Å². The molecule has 18 heavy (non-hydrogen) atoms. The topological polar surface area (TPSA) is 118 Å². The zero-order valence-corrected chi connectivity index (χ0v) is 9.34. The van der Waals surface area contributed by atoms with Crippen molar-refractivity contribution < 1.29 is 4.42 Å². The predicted molar refractivity (Wildman–Crippen MR) is 65.5 cm³/mol. The van der Waals surface area contributed by atoms with E-state index >= 15 is 0 Å². The SMILES string of the molecule is NNc1nc(NCc2ccoc2)c2cn[nH]c2n1. The molecular weight excluding hydrogens is 234 g/mol. The number of rotatable bonds is 4. The lowest BCUT2D eigenvalue weighted by atomic mass is 10.3. The number of hydrazine groups is 1. The number of aromatic amines is 1.